The number of aliphatic hydroxyl groups excluding tert-OH is 1. The Kier molecular flexibility index (Phi) is 4.83. The molecular formula is C13H18BrNO2. The fourth-order valence-corrected chi connectivity index (χ4v) is 2.11. The number of rotatable bonds is 7. The van der Waals surface area contributed by atoms with Gasteiger partial charge in [0.05, 0.1) is 11.1 Å². The number of aliphatic hydroxyl groups is 1. The van der Waals surface area contributed by atoms with E-state index in [1.807, 2.05) is 6.07 Å². The van der Waals surface area contributed by atoms with Crippen molar-refractivity contribution in [3.8, 4) is 5.75 Å². The van der Waals surface area contributed by atoms with E-state index in [1.54, 1.807) is 0 Å². The van der Waals surface area contributed by atoms with E-state index < -0.39 is 0 Å². The van der Waals surface area contributed by atoms with Gasteiger partial charge in [-0.05, 0) is 46.5 Å². The minimum absolute atomic E-state index is 0.168. The van der Waals surface area contributed by atoms with Crippen molar-refractivity contribution in [2.24, 2.45) is 0 Å². The maximum Gasteiger partial charge on any atom is 0.133 e. The van der Waals surface area contributed by atoms with Crippen LogP contribution in [0, 0.1) is 0 Å². The van der Waals surface area contributed by atoms with Crippen LogP contribution in [0.5, 0.6) is 5.75 Å². The molecule has 0 saturated heterocycles. The molecule has 4 heteroatoms. The minimum atomic E-state index is 0.168. The molecule has 2 rings (SSSR count). The van der Waals surface area contributed by atoms with Gasteiger partial charge >= 0.3 is 0 Å². The maximum atomic E-state index is 8.69. The topological polar surface area (TPSA) is 41.5 Å². The van der Waals surface area contributed by atoms with Gasteiger partial charge in [0.25, 0.3) is 0 Å². The first-order valence-corrected chi connectivity index (χ1v) is 6.84. The van der Waals surface area contributed by atoms with Gasteiger partial charge in [-0.1, -0.05) is 6.07 Å². The Morgan fingerprint density at radius 2 is 2.24 bits per heavy atom. The number of benzene rings is 1. The molecule has 0 heterocycles. The monoisotopic (exact) mass is 299 g/mol. The molecule has 1 saturated carbocycles. The lowest BCUT2D eigenvalue weighted by Crippen LogP contribution is -2.15. The molecule has 0 amide bonds. The van der Waals surface area contributed by atoms with E-state index in [0.29, 0.717) is 13.0 Å². The van der Waals surface area contributed by atoms with Crippen molar-refractivity contribution in [3.63, 3.8) is 0 Å². The maximum absolute atomic E-state index is 8.69. The average Bonchev–Trinajstić information content (AvgIpc) is 3.13. The summed E-state index contributed by atoms with van der Waals surface area (Å²) in [6.07, 6.45) is 3.28. The van der Waals surface area contributed by atoms with Crippen LogP contribution in [0.25, 0.3) is 0 Å². The lowest BCUT2D eigenvalue weighted by Gasteiger charge is -2.09. The number of nitrogens with one attached hydrogen (secondary N) is 1. The molecule has 1 fully saturated rings. The number of hydrogen-bond acceptors (Lipinski definition) is 3. The van der Waals surface area contributed by atoms with Crippen LogP contribution in [0.15, 0.2) is 22.7 Å². The van der Waals surface area contributed by atoms with Gasteiger partial charge in [-0.25, -0.2) is 0 Å². The molecule has 3 nitrogen and oxygen atoms in total. The summed E-state index contributed by atoms with van der Waals surface area (Å²) in [5.74, 6) is 0.841. The number of hydrogen-bond donors (Lipinski definition) is 2. The first-order valence-electron chi connectivity index (χ1n) is 6.05. The van der Waals surface area contributed by atoms with Gasteiger partial charge in [-0.3, -0.25) is 0 Å². The Balaban J connectivity index is 1.85. The Morgan fingerprint density at radius 3 is 2.88 bits per heavy atom. The zero-order valence-electron chi connectivity index (χ0n) is 9.79. The predicted molar refractivity (Wildman–Crippen MR) is 71.2 cm³/mol. The third kappa shape index (κ3) is 4.30. The van der Waals surface area contributed by atoms with Gasteiger partial charge in [0, 0.05) is 25.6 Å². The summed E-state index contributed by atoms with van der Waals surface area (Å²) >= 11 is 3.51. The standard InChI is InChI=1S/C13H18BrNO2/c14-12-8-10(9-15-11-3-4-11)2-5-13(12)17-7-1-6-16/h2,5,8,11,15-16H,1,3-4,6-7,9H2. The highest BCUT2D eigenvalue weighted by Crippen LogP contribution is 2.27. The molecule has 17 heavy (non-hydrogen) atoms. The van der Waals surface area contributed by atoms with Gasteiger partial charge in [-0.2, -0.15) is 0 Å². The van der Waals surface area contributed by atoms with Crippen LogP contribution in [0.4, 0.5) is 0 Å². The molecule has 0 bridgehead atoms. The second-order valence-electron chi connectivity index (χ2n) is 4.35. The number of ether oxygens (including phenoxy) is 1. The average molecular weight is 300 g/mol. The molecule has 0 aromatic heterocycles. The zero-order chi connectivity index (χ0) is 12.1. The molecule has 1 aliphatic carbocycles. The van der Waals surface area contributed by atoms with Crippen molar-refractivity contribution >= 4 is 15.9 Å². The summed E-state index contributed by atoms with van der Waals surface area (Å²) in [7, 11) is 0. The van der Waals surface area contributed by atoms with Crippen LogP contribution < -0.4 is 10.1 Å². The highest BCUT2D eigenvalue weighted by molar-refractivity contribution is 9.10. The lowest BCUT2D eigenvalue weighted by molar-refractivity contribution is 0.233. The smallest absolute Gasteiger partial charge is 0.133 e. The summed E-state index contributed by atoms with van der Waals surface area (Å²) < 4.78 is 6.52. The molecule has 94 valence electrons. The van der Waals surface area contributed by atoms with Gasteiger partial charge in [0.15, 0.2) is 0 Å². The molecule has 0 atom stereocenters. The van der Waals surface area contributed by atoms with E-state index in [-0.39, 0.29) is 6.61 Å². The van der Waals surface area contributed by atoms with Crippen molar-refractivity contribution < 1.29 is 9.84 Å². The molecule has 0 aliphatic heterocycles. The van der Waals surface area contributed by atoms with Crippen LogP contribution in [0.1, 0.15) is 24.8 Å². The molecule has 0 spiro atoms. The zero-order valence-corrected chi connectivity index (χ0v) is 11.4. The Labute approximate surface area is 110 Å². The van der Waals surface area contributed by atoms with E-state index in [0.717, 1.165) is 22.8 Å². The van der Waals surface area contributed by atoms with Gasteiger partial charge in [0.1, 0.15) is 5.75 Å². The minimum Gasteiger partial charge on any atom is -0.492 e. The van der Waals surface area contributed by atoms with Crippen LogP contribution in [-0.2, 0) is 6.54 Å². The van der Waals surface area contributed by atoms with Gasteiger partial charge in [0.2, 0.25) is 0 Å². The van der Waals surface area contributed by atoms with E-state index >= 15 is 0 Å². The molecular weight excluding hydrogens is 282 g/mol. The summed E-state index contributed by atoms with van der Waals surface area (Å²) in [5.41, 5.74) is 1.26. The summed E-state index contributed by atoms with van der Waals surface area (Å²) in [6, 6.07) is 6.87. The fraction of sp³-hybridized carbons (Fsp3) is 0.538. The molecule has 1 aromatic carbocycles. The van der Waals surface area contributed by atoms with Crippen molar-refractivity contribution in [1.29, 1.82) is 0 Å². The van der Waals surface area contributed by atoms with Gasteiger partial charge < -0.3 is 15.2 Å². The fourth-order valence-electron chi connectivity index (χ4n) is 1.57. The van der Waals surface area contributed by atoms with Crippen LogP contribution in [0.3, 0.4) is 0 Å². The lowest BCUT2D eigenvalue weighted by atomic mass is 10.2. The second kappa shape index (κ2) is 6.38. The third-order valence-electron chi connectivity index (χ3n) is 2.73. The van der Waals surface area contributed by atoms with Crippen LogP contribution in [-0.4, -0.2) is 24.4 Å². The highest BCUT2D eigenvalue weighted by Gasteiger charge is 2.19. The van der Waals surface area contributed by atoms with Crippen molar-refractivity contribution in [3.05, 3.63) is 28.2 Å². The largest absolute Gasteiger partial charge is 0.492 e. The first kappa shape index (κ1) is 12.9. The second-order valence-corrected chi connectivity index (χ2v) is 5.20. The van der Waals surface area contributed by atoms with E-state index in [2.05, 4.69) is 33.4 Å². The summed E-state index contributed by atoms with van der Waals surface area (Å²) in [4.78, 5) is 0. The molecule has 1 aliphatic rings. The van der Waals surface area contributed by atoms with E-state index in [9.17, 15) is 0 Å². The van der Waals surface area contributed by atoms with E-state index in [1.165, 1.54) is 18.4 Å². The SMILES string of the molecule is OCCCOc1ccc(CNC2CC2)cc1Br. The Bertz CT molecular complexity index is 366. The van der Waals surface area contributed by atoms with E-state index in [4.69, 9.17) is 9.84 Å². The van der Waals surface area contributed by atoms with Gasteiger partial charge in [-0.15, -0.1) is 0 Å². The molecule has 2 N–H and O–H groups in total. The van der Waals surface area contributed by atoms with Crippen molar-refractivity contribution in [2.75, 3.05) is 13.2 Å². The normalized spacial score (nSPS) is 14.9. The van der Waals surface area contributed by atoms with Crippen LogP contribution >= 0.6 is 15.9 Å². The Hall–Kier alpha value is -0.580. The number of halogens is 1. The quantitative estimate of drug-likeness (QED) is 0.760. The summed E-state index contributed by atoms with van der Waals surface area (Å²) in [6.45, 7) is 1.63. The summed E-state index contributed by atoms with van der Waals surface area (Å²) in [5, 5.41) is 12.2. The third-order valence-corrected chi connectivity index (χ3v) is 3.35. The predicted octanol–water partition coefficient (Wildman–Crippen LogP) is 2.46. The first-order chi connectivity index (χ1) is 8.29. The van der Waals surface area contributed by atoms with Crippen LogP contribution in [0.2, 0.25) is 0 Å². The molecule has 0 radical (unpaired) electrons. The Morgan fingerprint density at radius 1 is 1.41 bits per heavy atom. The van der Waals surface area contributed by atoms with Crippen molar-refractivity contribution in [2.45, 2.75) is 31.8 Å². The molecule has 1 aromatic rings. The van der Waals surface area contributed by atoms with Crippen molar-refractivity contribution in [1.82, 2.24) is 5.32 Å². The highest BCUT2D eigenvalue weighted by atomic mass is 79.9. The molecule has 0 unspecified atom stereocenters.